The Labute approximate surface area is 80.6 Å². The van der Waals surface area contributed by atoms with Gasteiger partial charge in [-0.3, -0.25) is 5.10 Å². The molecule has 2 aliphatic rings. The fraction of sp³-hybridized carbons (Fsp3) is 0.667. The number of hydrogen-bond acceptors (Lipinski definition) is 3. The Morgan fingerprint density at radius 1 is 1.50 bits per heavy atom. The zero-order chi connectivity index (χ0) is 9.71. The molecule has 2 bridgehead atoms. The first-order chi connectivity index (χ1) is 6.75. The number of nitrogens with two attached hydrogens (primary N) is 1. The predicted molar refractivity (Wildman–Crippen MR) is 48.2 cm³/mol. The molecule has 76 valence electrons. The van der Waals surface area contributed by atoms with Crippen molar-refractivity contribution in [3.05, 3.63) is 11.5 Å². The molecule has 3 N–H and O–H groups in total. The molecule has 3 heterocycles. The predicted octanol–water partition coefficient (Wildman–Crippen LogP) is 1.17. The Bertz CT molecular complexity index is 365. The summed E-state index contributed by atoms with van der Waals surface area (Å²) in [5.41, 5.74) is 5.87. The van der Waals surface area contributed by atoms with E-state index in [1.54, 1.807) is 0 Å². The second kappa shape index (κ2) is 2.70. The van der Waals surface area contributed by atoms with Crippen LogP contribution in [0, 0.1) is 5.82 Å². The lowest BCUT2D eigenvalue weighted by molar-refractivity contribution is 0.0999. The van der Waals surface area contributed by atoms with Crippen LogP contribution in [-0.4, -0.2) is 22.4 Å². The second-order valence-corrected chi connectivity index (χ2v) is 4.05. The van der Waals surface area contributed by atoms with Crippen LogP contribution in [0.1, 0.15) is 30.9 Å². The van der Waals surface area contributed by atoms with Crippen molar-refractivity contribution in [1.29, 1.82) is 0 Å². The Morgan fingerprint density at radius 3 is 2.86 bits per heavy atom. The second-order valence-electron chi connectivity index (χ2n) is 4.05. The fourth-order valence-corrected chi connectivity index (χ4v) is 2.54. The molecule has 2 aliphatic heterocycles. The van der Waals surface area contributed by atoms with Gasteiger partial charge in [-0.25, -0.2) is 4.39 Å². The number of rotatable bonds is 1. The number of nitrogen functional groups attached to an aromatic ring is 1. The zero-order valence-electron chi connectivity index (χ0n) is 7.66. The van der Waals surface area contributed by atoms with E-state index in [0.29, 0.717) is 11.8 Å². The first-order valence-electron chi connectivity index (χ1n) is 4.90. The number of ether oxygens (including phenoxy) is 1. The maximum absolute atomic E-state index is 13.5. The van der Waals surface area contributed by atoms with E-state index in [1.165, 1.54) is 0 Å². The molecule has 0 saturated carbocycles. The van der Waals surface area contributed by atoms with Crippen molar-refractivity contribution in [1.82, 2.24) is 10.2 Å². The smallest absolute Gasteiger partial charge is 0.188 e. The largest absolute Gasteiger partial charge is 0.380 e. The number of aromatic amines is 1. The average molecular weight is 197 g/mol. The molecule has 2 fully saturated rings. The van der Waals surface area contributed by atoms with Crippen LogP contribution in [0.15, 0.2) is 0 Å². The van der Waals surface area contributed by atoms with Crippen LogP contribution in [0.5, 0.6) is 0 Å². The third-order valence-electron chi connectivity index (χ3n) is 3.23. The van der Waals surface area contributed by atoms with Crippen molar-refractivity contribution < 1.29 is 9.13 Å². The zero-order valence-corrected chi connectivity index (χ0v) is 7.66. The van der Waals surface area contributed by atoms with Crippen LogP contribution < -0.4 is 5.73 Å². The standard InChI is InChI=1S/C9H12FN3O/c10-7-8(12-13-9(7)11)5-3-4-1-2-6(5)14-4/h4-6H,1-3H2,(H3,11,12,13)/t4-,5-,6+/m1/s1. The Balaban J connectivity index is 1.93. The number of anilines is 1. The highest BCUT2D eigenvalue weighted by Crippen LogP contribution is 2.44. The minimum Gasteiger partial charge on any atom is -0.380 e. The fourth-order valence-electron chi connectivity index (χ4n) is 2.54. The van der Waals surface area contributed by atoms with Crippen LogP contribution in [0.25, 0.3) is 0 Å². The van der Waals surface area contributed by atoms with Gasteiger partial charge in [0.05, 0.1) is 17.9 Å². The normalized spacial score (nSPS) is 35.4. The summed E-state index contributed by atoms with van der Waals surface area (Å²) in [6.07, 6.45) is 3.49. The molecule has 0 spiro atoms. The Kier molecular flexibility index (Phi) is 1.58. The van der Waals surface area contributed by atoms with Crippen molar-refractivity contribution in [2.24, 2.45) is 0 Å². The summed E-state index contributed by atoms with van der Waals surface area (Å²) < 4.78 is 19.1. The molecular formula is C9H12FN3O. The first kappa shape index (κ1) is 8.23. The molecule has 4 nitrogen and oxygen atoms in total. The van der Waals surface area contributed by atoms with Crippen LogP contribution in [0.3, 0.4) is 0 Å². The van der Waals surface area contributed by atoms with E-state index in [1.807, 2.05) is 0 Å². The number of halogens is 1. The van der Waals surface area contributed by atoms with Gasteiger partial charge in [-0.15, -0.1) is 0 Å². The number of hydrogen-bond donors (Lipinski definition) is 2. The van der Waals surface area contributed by atoms with E-state index in [-0.39, 0.29) is 17.8 Å². The summed E-state index contributed by atoms with van der Waals surface area (Å²) in [6, 6.07) is 0. The topological polar surface area (TPSA) is 63.9 Å². The van der Waals surface area contributed by atoms with Gasteiger partial charge in [-0.1, -0.05) is 0 Å². The minimum atomic E-state index is -0.397. The maximum atomic E-state index is 13.5. The van der Waals surface area contributed by atoms with Gasteiger partial charge in [0.1, 0.15) is 0 Å². The molecule has 2 saturated heterocycles. The number of nitrogens with one attached hydrogen (secondary N) is 1. The molecule has 0 amide bonds. The van der Waals surface area contributed by atoms with Crippen LogP contribution >= 0.6 is 0 Å². The molecule has 14 heavy (non-hydrogen) atoms. The van der Waals surface area contributed by atoms with E-state index in [2.05, 4.69) is 10.2 Å². The molecule has 1 aromatic heterocycles. The van der Waals surface area contributed by atoms with Gasteiger partial charge in [0.25, 0.3) is 0 Å². The van der Waals surface area contributed by atoms with E-state index in [9.17, 15) is 4.39 Å². The van der Waals surface area contributed by atoms with E-state index in [0.717, 1.165) is 19.3 Å². The summed E-state index contributed by atoms with van der Waals surface area (Å²) >= 11 is 0. The lowest BCUT2D eigenvalue weighted by atomic mass is 9.87. The molecule has 1 aromatic rings. The lowest BCUT2D eigenvalue weighted by Gasteiger charge is -2.16. The van der Waals surface area contributed by atoms with Gasteiger partial charge >= 0.3 is 0 Å². The summed E-state index contributed by atoms with van der Waals surface area (Å²) in [6.45, 7) is 0. The Morgan fingerprint density at radius 2 is 2.36 bits per heavy atom. The van der Waals surface area contributed by atoms with Crippen molar-refractivity contribution in [3.63, 3.8) is 0 Å². The lowest BCUT2D eigenvalue weighted by Crippen LogP contribution is -2.15. The highest BCUT2D eigenvalue weighted by molar-refractivity contribution is 5.34. The number of nitrogens with zero attached hydrogens (tertiary/aromatic N) is 1. The number of H-pyrrole nitrogens is 1. The van der Waals surface area contributed by atoms with Crippen LogP contribution in [0.2, 0.25) is 0 Å². The summed E-state index contributed by atoms with van der Waals surface area (Å²) in [5.74, 6) is -0.313. The van der Waals surface area contributed by atoms with Crippen LogP contribution in [0.4, 0.5) is 10.2 Å². The van der Waals surface area contributed by atoms with Gasteiger partial charge in [0.15, 0.2) is 11.6 Å². The maximum Gasteiger partial charge on any atom is 0.188 e. The minimum absolute atomic E-state index is 0.0391. The first-order valence-corrected chi connectivity index (χ1v) is 4.90. The van der Waals surface area contributed by atoms with Crippen molar-refractivity contribution in [3.8, 4) is 0 Å². The molecule has 0 unspecified atom stereocenters. The van der Waals surface area contributed by atoms with Gasteiger partial charge in [0, 0.05) is 5.92 Å². The SMILES string of the molecule is Nc1n[nH]c([C@@H]2C[C@H]3CC[C@@H]2O3)c1F. The van der Waals surface area contributed by atoms with Crippen molar-refractivity contribution in [2.75, 3.05) is 5.73 Å². The van der Waals surface area contributed by atoms with Crippen molar-refractivity contribution >= 4 is 5.82 Å². The summed E-state index contributed by atoms with van der Waals surface area (Å²) in [4.78, 5) is 0. The third kappa shape index (κ3) is 0.987. The molecule has 0 aromatic carbocycles. The summed E-state index contributed by atoms with van der Waals surface area (Å²) in [7, 11) is 0. The van der Waals surface area contributed by atoms with Gasteiger partial charge < -0.3 is 10.5 Å². The number of aromatic nitrogens is 2. The highest BCUT2D eigenvalue weighted by atomic mass is 19.1. The Hall–Kier alpha value is -1.10. The van der Waals surface area contributed by atoms with Gasteiger partial charge in [-0.05, 0) is 19.3 Å². The average Bonchev–Trinajstić information content (AvgIpc) is 2.84. The van der Waals surface area contributed by atoms with Crippen molar-refractivity contribution in [2.45, 2.75) is 37.4 Å². The summed E-state index contributed by atoms with van der Waals surface area (Å²) in [5, 5.41) is 6.34. The molecule has 0 radical (unpaired) electrons. The molecule has 5 heteroatoms. The highest BCUT2D eigenvalue weighted by Gasteiger charge is 2.43. The molecular weight excluding hydrogens is 185 g/mol. The van der Waals surface area contributed by atoms with E-state index < -0.39 is 5.82 Å². The number of fused-ring (bicyclic) bond motifs is 2. The van der Waals surface area contributed by atoms with Gasteiger partial charge in [0.2, 0.25) is 0 Å². The molecule has 3 rings (SSSR count). The van der Waals surface area contributed by atoms with Crippen LogP contribution in [-0.2, 0) is 4.74 Å². The molecule has 3 atom stereocenters. The molecule has 0 aliphatic carbocycles. The van der Waals surface area contributed by atoms with Gasteiger partial charge in [-0.2, -0.15) is 5.10 Å². The van der Waals surface area contributed by atoms with E-state index >= 15 is 0 Å². The van der Waals surface area contributed by atoms with E-state index in [4.69, 9.17) is 10.5 Å². The third-order valence-corrected chi connectivity index (χ3v) is 3.23. The quantitative estimate of drug-likeness (QED) is 0.710. The monoisotopic (exact) mass is 197 g/mol.